The lowest BCUT2D eigenvalue weighted by atomic mass is 9.82. The standard InChI is InChI=1S/C13H27NO/c1-3-7-13(14-11(2)10-15)12-8-5-4-6-9-12/h11-15H,3-10H2,1-2H3/t11-,13?/m0/s1. The summed E-state index contributed by atoms with van der Waals surface area (Å²) in [5.74, 6) is 0.854. The lowest BCUT2D eigenvalue weighted by Gasteiger charge is -2.32. The maximum atomic E-state index is 9.09. The molecule has 1 rings (SSSR count). The molecule has 0 aromatic heterocycles. The van der Waals surface area contributed by atoms with E-state index in [4.69, 9.17) is 5.11 Å². The lowest BCUT2D eigenvalue weighted by molar-refractivity contribution is 0.197. The van der Waals surface area contributed by atoms with Gasteiger partial charge in [-0.05, 0) is 32.1 Å². The second kappa shape index (κ2) is 7.24. The Morgan fingerprint density at radius 2 is 1.93 bits per heavy atom. The number of hydrogen-bond acceptors (Lipinski definition) is 2. The molecule has 2 N–H and O–H groups in total. The van der Waals surface area contributed by atoms with Crippen LogP contribution in [-0.2, 0) is 0 Å². The molecule has 0 aliphatic heterocycles. The minimum Gasteiger partial charge on any atom is -0.395 e. The van der Waals surface area contributed by atoms with Crippen molar-refractivity contribution in [3.63, 3.8) is 0 Å². The molecule has 0 bridgehead atoms. The summed E-state index contributed by atoms with van der Waals surface area (Å²) in [5, 5.41) is 12.7. The second-order valence-electron chi connectivity index (χ2n) is 5.04. The van der Waals surface area contributed by atoms with Gasteiger partial charge in [0.15, 0.2) is 0 Å². The topological polar surface area (TPSA) is 32.3 Å². The lowest BCUT2D eigenvalue weighted by Crippen LogP contribution is -2.43. The van der Waals surface area contributed by atoms with Crippen LogP contribution in [0.3, 0.4) is 0 Å². The van der Waals surface area contributed by atoms with Crippen LogP contribution in [0.5, 0.6) is 0 Å². The molecule has 0 spiro atoms. The zero-order valence-corrected chi connectivity index (χ0v) is 10.3. The Kier molecular flexibility index (Phi) is 6.26. The fraction of sp³-hybridized carbons (Fsp3) is 1.00. The molecule has 0 saturated heterocycles. The monoisotopic (exact) mass is 213 g/mol. The number of aliphatic hydroxyl groups is 1. The highest BCUT2D eigenvalue weighted by molar-refractivity contribution is 4.81. The van der Waals surface area contributed by atoms with E-state index in [1.54, 1.807) is 0 Å². The molecular formula is C13H27NO. The molecule has 90 valence electrons. The van der Waals surface area contributed by atoms with Crippen LogP contribution in [0.25, 0.3) is 0 Å². The molecule has 0 heterocycles. The first kappa shape index (κ1) is 13.0. The van der Waals surface area contributed by atoms with Crippen molar-refractivity contribution >= 4 is 0 Å². The minimum absolute atomic E-state index is 0.253. The van der Waals surface area contributed by atoms with E-state index in [9.17, 15) is 0 Å². The Balaban J connectivity index is 2.39. The normalized spacial score (nSPS) is 22.6. The molecule has 1 fully saturated rings. The Morgan fingerprint density at radius 3 is 2.47 bits per heavy atom. The van der Waals surface area contributed by atoms with Gasteiger partial charge in [-0.1, -0.05) is 32.6 Å². The Hall–Kier alpha value is -0.0800. The van der Waals surface area contributed by atoms with Gasteiger partial charge in [0.1, 0.15) is 0 Å². The predicted molar refractivity (Wildman–Crippen MR) is 65.0 cm³/mol. The van der Waals surface area contributed by atoms with Crippen molar-refractivity contribution in [1.82, 2.24) is 5.32 Å². The van der Waals surface area contributed by atoms with E-state index in [0.717, 1.165) is 5.92 Å². The van der Waals surface area contributed by atoms with E-state index in [1.165, 1.54) is 44.9 Å². The number of nitrogens with one attached hydrogen (secondary N) is 1. The van der Waals surface area contributed by atoms with Gasteiger partial charge >= 0.3 is 0 Å². The number of hydrogen-bond donors (Lipinski definition) is 2. The first-order chi connectivity index (χ1) is 7.27. The van der Waals surface area contributed by atoms with Gasteiger partial charge in [0, 0.05) is 12.1 Å². The van der Waals surface area contributed by atoms with Gasteiger partial charge < -0.3 is 10.4 Å². The fourth-order valence-electron chi connectivity index (χ4n) is 2.72. The van der Waals surface area contributed by atoms with E-state index in [1.807, 2.05) is 0 Å². The van der Waals surface area contributed by atoms with Gasteiger partial charge in [-0.3, -0.25) is 0 Å². The Morgan fingerprint density at radius 1 is 1.27 bits per heavy atom. The summed E-state index contributed by atoms with van der Waals surface area (Å²) >= 11 is 0. The summed E-state index contributed by atoms with van der Waals surface area (Å²) < 4.78 is 0. The molecular weight excluding hydrogens is 186 g/mol. The van der Waals surface area contributed by atoms with Crippen LogP contribution < -0.4 is 5.32 Å². The van der Waals surface area contributed by atoms with Gasteiger partial charge in [-0.2, -0.15) is 0 Å². The highest BCUT2D eigenvalue weighted by Gasteiger charge is 2.23. The molecule has 2 heteroatoms. The van der Waals surface area contributed by atoms with Crippen LogP contribution in [0, 0.1) is 5.92 Å². The predicted octanol–water partition coefficient (Wildman–Crippen LogP) is 2.71. The minimum atomic E-state index is 0.253. The van der Waals surface area contributed by atoms with E-state index in [0.29, 0.717) is 6.04 Å². The first-order valence-electron chi connectivity index (χ1n) is 6.64. The molecule has 1 unspecified atom stereocenters. The third kappa shape index (κ3) is 4.52. The van der Waals surface area contributed by atoms with Crippen molar-refractivity contribution in [1.29, 1.82) is 0 Å². The highest BCUT2D eigenvalue weighted by atomic mass is 16.3. The largest absolute Gasteiger partial charge is 0.395 e. The summed E-state index contributed by atoms with van der Waals surface area (Å²) in [4.78, 5) is 0. The van der Waals surface area contributed by atoms with Crippen molar-refractivity contribution in [2.24, 2.45) is 5.92 Å². The third-order valence-electron chi connectivity index (χ3n) is 3.59. The Bertz CT molecular complexity index is 155. The van der Waals surface area contributed by atoms with Crippen LogP contribution in [0.15, 0.2) is 0 Å². The van der Waals surface area contributed by atoms with Crippen LogP contribution in [0.2, 0.25) is 0 Å². The quantitative estimate of drug-likeness (QED) is 0.711. The van der Waals surface area contributed by atoms with Crippen molar-refractivity contribution in [3.05, 3.63) is 0 Å². The summed E-state index contributed by atoms with van der Waals surface area (Å²) in [7, 11) is 0. The van der Waals surface area contributed by atoms with Crippen molar-refractivity contribution in [3.8, 4) is 0 Å². The van der Waals surface area contributed by atoms with Gasteiger partial charge in [0.2, 0.25) is 0 Å². The van der Waals surface area contributed by atoms with Crippen molar-refractivity contribution in [2.75, 3.05) is 6.61 Å². The molecule has 1 saturated carbocycles. The van der Waals surface area contributed by atoms with Gasteiger partial charge in [-0.25, -0.2) is 0 Å². The number of aliphatic hydroxyl groups excluding tert-OH is 1. The van der Waals surface area contributed by atoms with Crippen molar-refractivity contribution in [2.45, 2.75) is 70.9 Å². The maximum Gasteiger partial charge on any atom is 0.0582 e. The second-order valence-corrected chi connectivity index (χ2v) is 5.04. The fourth-order valence-corrected chi connectivity index (χ4v) is 2.72. The molecule has 0 aromatic carbocycles. The summed E-state index contributed by atoms with van der Waals surface area (Å²) in [6.07, 6.45) is 9.50. The van der Waals surface area contributed by atoms with E-state index < -0.39 is 0 Å². The van der Waals surface area contributed by atoms with Gasteiger partial charge in [0.05, 0.1) is 6.61 Å². The van der Waals surface area contributed by atoms with Crippen LogP contribution in [0.4, 0.5) is 0 Å². The van der Waals surface area contributed by atoms with Gasteiger partial charge in [0.25, 0.3) is 0 Å². The van der Waals surface area contributed by atoms with Gasteiger partial charge in [-0.15, -0.1) is 0 Å². The molecule has 2 atom stereocenters. The molecule has 2 nitrogen and oxygen atoms in total. The molecule has 1 aliphatic rings. The van der Waals surface area contributed by atoms with Crippen LogP contribution in [-0.4, -0.2) is 23.8 Å². The first-order valence-corrected chi connectivity index (χ1v) is 6.64. The van der Waals surface area contributed by atoms with Crippen LogP contribution >= 0.6 is 0 Å². The zero-order valence-electron chi connectivity index (χ0n) is 10.3. The third-order valence-corrected chi connectivity index (χ3v) is 3.59. The molecule has 0 amide bonds. The molecule has 0 aromatic rings. The average molecular weight is 213 g/mol. The van der Waals surface area contributed by atoms with E-state index in [-0.39, 0.29) is 12.6 Å². The Labute approximate surface area is 94.5 Å². The summed E-state index contributed by atoms with van der Waals surface area (Å²) in [6, 6.07) is 0.890. The zero-order chi connectivity index (χ0) is 11.1. The highest BCUT2D eigenvalue weighted by Crippen LogP contribution is 2.28. The summed E-state index contributed by atoms with van der Waals surface area (Å²) in [5.41, 5.74) is 0. The van der Waals surface area contributed by atoms with E-state index >= 15 is 0 Å². The number of rotatable bonds is 6. The maximum absolute atomic E-state index is 9.09. The summed E-state index contributed by atoms with van der Waals surface area (Å²) in [6.45, 7) is 4.58. The smallest absolute Gasteiger partial charge is 0.0582 e. The molecule has 0 radical (unpaired) electrons. The SMILES string of the molecule is CCCC(N[C@@H](C)CO)C1CCCCC1. The van der Waals surface area contributed by atoms with Crippen molar-refractivity contribution < 1.29 is 5.11 Å². The van der Waals surface area contributed by atoms with Crippen LogP contribution in [0.1, 0.15) is 58.8 Å². The molecule has 15 heavy (non-hydrogen) atoms. The molecule has 1 aliphatic carbocycles. The van der Waals surface area contributed by atoms with E-state index in [2.05, 4.69) is 19.2 Å². The average Bonchev–Trinajstić information content (AvgIpc) is 2.29.